The quantitative estimate of drug-likeness (QED) is 0.546. The van der Waals surface area contributed by atoms with Crippen molar-refractivity contribution >= 4 is 15.9 Å². The molecule has 33 heavy (non-hydrogen) atoms. The summed E-state index contributed by atoms with van der Waals surface area (Å²) in [7, 11) is -0.585. The molecule has 9 nitrogen and oxygen atoms in total. The predicted octanol–water partition coefficient (Wildman–Crippen LogP) is 2.93. The number of halogens is 3. The first-order valence-corrected chi connectivity index (χ1v) is 10.5. The molecule has 3 rings (SSSR count). The van der Waals surface area contributed by atoms with E-state index in [-0.39, 0.29) is 28.5 Å². The van der Waals surface area contributed by atoms with Crippen molar-refractivity contribution in [2.24, 2.45) is 5.73 Å². The molecule has 1 heterocycles. The van der Waals surface area contributed by atoms with Crippen molar-refractivity contribution in [3.63, 3.8) is 0 Å². The van der Waals surface area contributed by atoms with E-state index >= 15 is 0 Å². The summed E-state index contributed by atoms with van der Waals surface area (Å²) < 4.78 is 81.4. The minimum absolute atomic E-state index is 0.0291. The Morgan fingerprint density at radius 1 is 1.00 bits per heavy atom. The molecule has 0 aliphatic carbocycles. The highest BCUT2D eigenvalue weighted by molar-refractivity contribution is 7.90. The van der Waals surface area contributed by atoms with Crippen LogP contribution >= 0.6 is 0 Å². The largest absolute Gasteiger partial charge is 0.493 e. The summed E-state index contributed by atoms with van der Waals surface area (Å²) in [6.07, 6.45) is -4.77. The number of carbonyl (C=O) groups excluding carboxylic acids is 1. The van der Waals surface area contributed by atoms with Crippen molar-refractivity contribution in [1.82, 2.24) is 9.19 Å². The Morgan fingerprint density at radius 3 is 2.09 bits per heavy atom. The SMILES string of the molecule is COc1cc(-c2cc(C(N)=O)n(S(=O)(=O)c3cccc(C(F)(F)F)c3)n2)cc(OC)c1OC. The average Bonchev–Trinajstić information content (AvgIpc) is 3.24. The highest BCUT2D eigenvalue weighted by Crippen LogP contribution is 2.41. The van der Waals surface area contributed by atoms with Crippen LogP contribution in [-0.2, 0) is 16.2 Å². The molecule has 0 spiro atoms. The molecule has 176 valence electrons. The fourth-order valence-electron chi connectivity index (χ4n) is 3.02. The number of rotatable bonds is 7. The summed E-state index contributed by atoms with van der Waals surface area (Å²) >= 11 is 0. The molecule has 13 heteroatoms. The van der Waals surface area contributed by atoms with Gasteiger partial charge in [-0.2, -0.15) is 26.7 Å². The lowest BCUT2D eigenvalue weighted by Crippen LogP contribution is -2.24. The second-order valence-corrected chi connectivity index (χ2v) is 8.33. The van der Waals surface area contributed by atoms with Crippen LogP contribution in [0.4, 0.5) is 13.2 Å². The number of nitrogens with two attached hydrogens (primary N) is 1. The van der Waals surface area contributed by atoms with Crippen LogP contribution in [0.3, 0.4) is 0 Å². The van der Waals surface area contributed by atoms with E-state index in [1.807, 2.05) is 0 Å². The van der Waals surface area contributed by atoms with Crippen LogP contribution in [0.5, 0.6) is 17.2 Å². The Hall–Kier alpha value is -3.74. The van der Waals surface area contributed by atoms with E-state index < -0.39 is 38.3 Å². The maximum Gasteiger partial charge on any atom is 0.416 e. The minimum Gasteiger partial charge on any atom is -0.493 e. The number of carbonyl (C=O) groups is 1. The smallest absolute Gasteiger partial charge is 0.416 e. The van der Waals surface area contributed by atoms with E-state index in [1.54, 1.807) is 0 Å². The van der Waals surface area contributed by atoms with Crippen molar-refractivity contribution in [1.29, 1.82) is 0 Å². The normalized spacial score (nSPS) is 11.8. The molecule has 0 radical (unpaired) electrons. The van der Waals surface area contributed by atoms with Crippen molar-refractivity contribution in [3.05, 3.63) is 53.7 Å². The van der Waals surface area contributed by atoms with Gasteiger partial charge in [0.1, 0.15) is 5.69 Å². The zero-order valence-corrected chi connectivity index (χ0v) is 18.3. The van der Waals surface area contributed by atoms with Gasteiger partial charge in [-0.1, -0.05) is 6.07 Å². The number of ether oxygens (including phenoxy) is 3. The monoisotopic (exact) mass is 485 g/mol. The van der Waals surface area contributed by atoms with Crippen molar-refractivity contribution in [2.75, 3.05) is 21.3 Å². The second-order valence-electron chi connectivity index (χ2n) is 6.57. The predicted molar refractivity (Wildman–Crippen MR) is 110 cm³/mol. The van der Waals surface area contributed by atoms with E-state index in [4.69, 9.17) is 19.9 Å². The van der Waals surface area contributed by atoms with Gasteiger partial charge >= 0.3 is 6.18 Å². The Kier molecular flexibility index (Phi) is 6.27. The van der Waals surface area contributed by atoms with Gasteiger partial charge in [-0.25, -0.2) is 0 Å². The molecule has 0 saturated carbocycles. The Balaban J connectivity index is 2.21. The second kappa shape index (κ2) is 8.65. The van der Waals surface area contributed by atoms with Crippen LogP contribution in [0.25, 0.3) is 11.3 Å². The first-order chi connectivity index (χ1) is 15.4. The number of methoxy groups -OCH3 is 3. The standard InChI is InChI=1S/C20H18F3N3O6S/c1-30-16-7-11(8-17(31-2)18(16)32-3)14-10-15(19(24)27)26(25-14)33(28,29)13-6-4-5-12(9-13)20(21,22)23/h4-10H,1-3H3,(H2,24,27). The Labute approximate surface area is 186 Å². The third kappa shape index (κ3) is 4.44. The van der Waals surface area contributed by atoms with E-state index in [9.17, 15) is 26.4 Å². The van der Waals surface area contributed by atoms with Gasteiger partial charge in [-0.3, -0.25) is 4.79 Å². The highest BCUT2D eigenvalue weighted by Gasteiger charge is 2.33. The lowest BCUT2D eigenvalue weighted by molar-refractivity contribution is -0.137. The highest BCUT2D eigenvalue weighted by atomic mass is 32.2. The number of aromatic nitrogens is 2. The third-order valence-electron chi connectivity index (χ3n) is 4.58. The maximum absolute atomic E-state index is 13.1. The zero-order chi connectivity index (χ0) is 24.6. The van der Waals surface area contributed by atoms with Crippen LogP contribution in [0.2, 0.25) is 0 Å². The summed E-state index contributed by atoms with van der Waals surface area (Å²) in [5.41, 5.74) is 3.82. The minimum atomic E-state index is -4.77. The number of hydrogen-bond donors (Lipinski definition) is 1. The molecular formula is C20H18F3N3O6S. The van der Waals surface area contributed by atoms with Gasteiger partial charge in [0.05, 0.1) is 37.5 Å². The molecule has 0 bridgehead atoms. The van der Waals surface area contributed by atoms with Crippen LogP contribution in [0.15, 0.2) is 47.4 Å². The van der Waals surface area contributed by atoms with Crippen molar-refractivity contribution in [3.8, 4) is 28.5 Å². The van der Waals surface area contributed by atoms with Crippen LogP contribution in [0.1, 0.15) is 16.1 Å². The fourth-order valence-corrected chi connectivity index (χ4v) is 4.34. The molecule has 0 aliphatic heterocycles. The first-order valence-electron chi connectivity index (χ1n) is 9.07. The molecule has 0 aliphatic rings. The molecule has 1 amide bonds. The lowest BCUT2D eigenvalue weighted by atomic mass is 10.1. The number of nitrogens with zero attached hydrogens (tertiary/aromatic N) is 2. The van der Waals surface area contributed by atoms with Gasteiger partial charge in [-0.05, 0) is 36.4 Å². The molecule has 1 aromatic heterocycles. The number of hydrogen-bond acceptors (Lipinski definition) is 7. The molecule has 3 aromatic rings. The Bertz CT molecular complexity index is 1290. The van der Waals surface area contributed by atoms with Gasteiger partial charge in [-0.15, -0.1) is 4.09 Å². The van der Waals surface area contributed by atoms with E-state index in [0.29, 0.717) is 10.2 Å². The molecule has 0 atom stereocenters. The topological polar surface area (TPSA) is 123 Å². The van der Waals surface area contributed by atoms with E-state index in [0.717, 1.165) is 24.3 Å². The molecule has 2 aromatic carbocycles. The third-order valence-corrected chi connectivity index (χ3v) is 6.16. The van der Waals surface area contributed by atoms with Gasteiger partial charge in [0.25, 0.3) is 15.9 Å². The molecule has 0 unspecified atom stereocenters. The van der Waals surface area contributed by atoms with Gasteiger partial charge in [0.15, 0.2) is 11.5 Å². The molecular weight excluding hydrogens is 467 g/mol. The van der Waals surface area contributed by atoms with E-state index in [2.05, 4.69) is 5.10 Å². The molecule has 0 fully saturated rings. The summed E-state index contributed by atoms with van der Waals surface area (Å²) in [6, 6.07) is 7.05. The number of alkyl halides is 3. The van der Waals surface area contributed by atoms with E-state index in [1.165, 1.54) is 33.5 Å². The van der Waals surface area contributed by atoms with Gasteiger partial charge in [0.2, 0.25) is 5.75 Å². The zero-order valence-electron chi connectivity index (χ0n) is 17.5. The summed E-state index contributed by atoms with van der Waals surface area (Å²) in [4.78, 5) is 11.2. The Morgan fingerprint density at radius 2 is 1.61 bits per heavy atom. The van der Waals surface area contributed by atoms with Crippen LogP contribution in [0, 0.1) is 0 Å². The van der Waals surface area contributed by atoms with Gasteiger partial charge in [0, 0.05) is 5.56 Å². The number of benzene rings is 2. The molecule has 0 saturated heterocycles. The molecule has 2 N–H and O–H groups in total. The summed E-state index contributed by atoms with van der Waals surface area (Å²) in [5.74, 6) is -0.447. The maximum atomic E-state index is 13.1. The van der Waals surface area contributed by atoms with Gasteiger partial charge < -0.3 is 19.9 Å². The summed E-state index contributed by atoms with van der Waals surface area (Å²) in [5, 5.41) is 3.94. The average molecular weight is 485 g/mol. The van der Waals surface area contributed by atoms with Crippen molar-refractivity contribution < 1.29 is 40.6 Å². The number of amides is 1. The van der Waals surface area contributed by atoms with Crippen LogP contribution in [-0.4, -0.2) is 44.8 Å². The number of primary amides is 1. The lowest BCUT2D eigenvalue weighted by Gasteiger charge is -2.13. The summed E-state index contributed by atoms with van der Waals surface area (Å²) in [6.45, 7) is 0. The first kappa shape index (κ1) is 23.9. The fraction of sp³-hybridized carbons (Fsp3) is 0.200. The van der Waals surface area contributed by atoms with Crippen LogP contribution < -0.4 is 19.9 Å². The van der Waals surface area contributed by atoms with Crippen molar-refractivity contribution in [2.45, 2.75) is 11.1 Å².